The molecule has 0 saturated heterocycles. The topological polar surface area (TPSA) is 83.8 Å². The summed E-state index contributed by atoms with van der Waals surface area (Å²) < 4.78 is 0. The highest BCUT2D eigenvalue weighted by Gasteiger charge is 2.13. The molecule has 19 heavy (non-hydrogen) atoms. The predicted molar refractivity (Wildman–Crippen MR) is 73.2 cm³/mol. The number of nitro benzene ring substituents is 1. The predicted octanol–water partition coefficient (Wildman–Crippen LogP) is 2.86. The third-order valence-corrected chi connectivity index (χ3v) is 3.24. The van der Waals surface area contributed by atoms with E-state index >= 15 is 0 Å². The molecular formula is C13H16N4O2. The van der Waals surface area contributed by atoms with Gasteiger partial charge in [0.05, 0.1) is 10.6 Å². The Morgan fingerprint density at radius 2 is 2.11 bits per heavy atom. The lowest BCUT2D eigenvalue weighted by molar-refractivity contribution is -0.385. The number of aromatic amines is 1. The van der Waals surface area contributed by atoms with Crippen molar-refractivity contribution in [2.75, 3.05) is 5.32 Å². The Kier molecular flexibility index (Phi) is 3.50. The fourth-order valence-electron chi connectivity index (χ4n) is 2.03. The summed E-state index contributed by atoms with van der Waals surface area (Å²) in [6, 6.07) is 5.03. The molecule has 6 nitrogen and oxygen atoms in total. The molecule has 0 amide bonds. The molecule has 2 rings (SSSR count). The largest absolute Gasteiger partial charge is 0.380 e. The average molecular weight is 260 g/mol. The van der Waals surface area contributed by atoms with Gasteiger partial charge in [-0.25, -0.2) is 0 Å². The van der Waals surface area contributed by atoms with Gasteiger partial charge in [0.25, 0.3) is 5.69 Å². The number of hydrogen-bond acceptors (Lipinski definition) is 4. The van der Waals surface area contributed by atoms with Crippen molar-refractivity contribution in [3.63, 3.8) is 0 Å². The van der Waals surface area contributed by atoms with E-state index in [0.717, 1.165) is 22.6 Å². The number of H-pyrrole nitrogens is 1. The molecular weight excluding hydrogens is 244 g/mol. The van der Waals surface area contributed by atoms with Gasteiger partial charge in [-0.1, -0.05) is 6.07 Å². The van der Waals surface area contributed by atoms with Crippen LogP contribution in [-0.2, 0) is 6.54 Å². The Hall–Kier alpha value is -2.37. The van der Waals surface area contributed by atoms with E-state index in [1.807, 2.05) is 19.9 Å². The molecule has 0 radical (unpaired) electrons. The molecule has 0 unspecified atom stereocenters. The second-order valence-electron chi connectivity index (χ2n) is 4.47. The van der Waals surface area contributed by atoms with E-state index in [9.17, 15) is 10.1 Å². The first-order chi connectivity index (χ1) is 9.00. The van der Waals surface area contributed by atoms with Crippen LogP contribution in [0.3, 0.4) is 0 Å². The van der Waals surface area contributed by atoms with Crippen molar-refractivity contribution < 1.29 is 4.92 Å². The summed E-state index contributed by atoms with van der Waals surface area (Å²) in [6.07, 6.45) is 0. The molecule has 0 aliphatic carbocycles. The molecule has 2 N–H and O–H groups in total. The highest BCUT2D eigenvalue weighted by molar-refractivity contribution is 5.60. The normalized spacial score (nSPS) is 10.5. The van der Waals surface area contributed by atoms with Crippen molar-refractivity contribution in [2.45, 2.75) is 27.3 Å². The van der Waals surface area contributed by atoms with Crippen LogP contribution in [0.1, 0.15) is 22.5 Å². The van der Waals surface area contributed by atoms with Gasteiger partial charge in [-0.3, -0.25) is 15.2 Å². The average Bonchev–Trinajstić information content (AvgIpc) is 2.68. The van der Waals surface area contributed by atoms with Gasteiger partial charge in [0, 0.05) is 35.1 Å². The van der Waals surface area contributed by atoms with E-state index in [1.54, 1.807) is 13.0 Å². The number of nitrogens with one attached hydrogen (secondary N) is 2. The van der Waals surface area contributed by atoms with Crippen LogP contribution in [0.2, 0.25) is 0 Å². The van der Waals surface area contributed by atoms with Crippen LogP contribution >= 0.6 is 0 Å². The lowest BCUT2D eigenvalue weighted by Crippen LogP contribution is -2.04. The molecule has 2 aromatic rings. The Labute approximate surface area is 111 Å². The molecule has 0 fully saturated rings. The van der Waals surface area contributed by atoms with Gasteiger partial charge in [-0.2, -0.15) is 5.10 Å². The minimum Gasteiger partial charge on any atom is -0.380 e. The van der Waals surface area contributed by atoms with Crippen LogP contribution in [-0.4, -0.2) is 15.1 Å². The van der Waals surface area contributed by atoms with E-state index in [4.69, 9.17) is 0 Å². The SMILES string of the molecule is Cc1n[nH]c(C)c1CNc1cccc([N+](=O)[O-])c1C. The van der Waals surface area contributed by atoms with Gasteiger partial charge < -0.3 is 5.32 Å². The molecule has 1 aromatic carbocycles. The number of nitrogens with zero attached hydrogens (tertiary/aromatic N) is 2. The highest BCUT2D eigenvalue weighted by Crippen LogP contribution is 2.25. The summed E-state index contributed by atoms with van der Waals surface area (Å²) in [5.74, 6) is 0. The van der Waals surface area contributed by atoms with Gasteiger partial charge in [-0.05, 0) is 26.8 Å². The lowest BCUT2D eigenvalue weighted by Gasteiger charge is -2.09. The Balaban J connectivity index is 2.21. The van der Waals surface area contributed by atoms with Crippen LogP contribution in [0.4, 0.5) is 11.4 Å². The molecule has 0 aliphatic heterocycles. The molecule has 0 bridgehead atoms. The van der Waals surface area contributed by atoms with Crippen LogP contribution in [0, 0.1) is 30.9 Å². The molecule has 0 spiro atoms. The maximum absolute atomic E-state index is 10.9. The molecule has 100 valence electrons. The van der Waals surface area contributed by atoms with Crippen LogP contribution < -0.4 is 5.32 Å². The van der Waals surface area contributed by atoms with Crippen LogP contribution in [0.15, 0.2) is 18.2 Å². The number of rotatable bonds is 4. The second kappa shape index (κ2) is 5.09. The molecule has 1 heterocycles. The number of hydrogen-bond donors (Lipinski definition) is 2. The number of aryl methyl sites for hydroxylation is 2. The third kappa shape index (κ3) is 2.57. The summed E-state index contributed by atoms with van der Waals surface area (Å²) in [6.45, 7) is 6.23. The summed E-state index contributed by atoms with van der Waals surface area (Å²) in [5.41, 5.74) is 4.58. The number of aromatic nitrogens is 2. The van der Waals surface area contributed by atoms with Crippen molar-refractivity contribution in [1.29, 1.82) is 0 Å². The van der Waals surface area contributed by atoms with Crippen molar-refractivity contribution in [2.24, 2.45) is 0 Å². The van der Waals surface area contributed by atoms with Gasteiger partial charge in [0.1, 0.15) is 0 Å². The van der Waals surface area contributed by atoms with Gasteiger partial charge >= 0.3 is 0 Å². The van der Waals surface area contributed by atoms with Gasteiger partial charge in [0.2, 0.25) is 0 Å². The smallest absolute Gasteiger partial charge is 0.274 e. The second-order valence-corrected chi connectivity index (χ2v) is 4.47. The summed E-state index contributed by atoms with van der Waals surface area (Å²) in [5, 5.41) is 21.1. The molecule has 6 heteroatoms. The Morgan fingerprint density at radius 3 is 2.68 bits per heavy atom. The standard InChI is InChI=1S/C13H16N4O2/c1-8-12(5-4-6-13(8)17(18)19)14-7-11-9(2)15-16-10(11)3/h4-6,14H,7H2,1-3H3,(H,15,16). The number of nitro groups is 1. The summed E-state index contributed by atoms with van der Waals surface area (Å²) >= 11 is 0. The first kappa shape index (κ1) is 13.1. The van der Waals surface area contributed by atoms with Crippen LogP contribution in [0.5, 0.6) is 0 Å². The Morgan fingerprint density at radius 1 is 1.37 bits per heavy atom. The molecule has 0 aliphatic rings. The Bertz CT molecular complexity index is 600. The molecule has 0 atom stereocenters. The first-order valence-electron chi connectivity index (χ1n) is 5.99. The lowest BCUT2D eigenvalue weighted by atomic mass is 10.1. The zero-order valence-electron chi connectivity index (χ0n) is 11.2. The van der Waals surface area contributed by atoms with E-state index in [1.165, 1.54) is 6.07 Å². The van der Waals surface area contributed by atoms with E-state index < -0.39 is 0 Å². The third-order valence-electron chi connectivity index (χ3n) is 3.24. The fourth-order valence-corrected chi connectivity index (χ4v) is 2.03. The minimum atomic E-state index is -0.366. The van der Waals surface area contributed by atoms with Gasteiger partial charge in [-0.15, -0.1) is 0 Å². The number of anilines is 1. The maximum Gasteiger partial charge on any atom is 0.274 e. The van der Waals surface area contributed by atoms with E-state index in [2.05, 4.69) is 15.5 Å². The van der Waals surface area contributed by atoms with Gasteiger partial charge in [0.15, 0.2) is 0 Å². The zero-order valence-corrected chi connectivity index (χ0v) is 11.2. The molecule has 1 aromatic heterocycles. The number of benzene rings is 1. The van der Waals surface area contributed by atoms with Crippen LogP contribution in [0.25, 0.3) is 0 Å². The van der Waals surface area contributed by atoms with Crippen molar-refractivity contribution in [3.8, 4) is 0 Å². The first-order valence-corrected chi connectivity index (χ1v) is 5.99. The van der Waals surface area contributed by atoms with Crippen molar-refractivity contribution >= 4 is 11.4 Å². The maximum atomic E-state index is 10.9. The quantitative estimate of drug-likeness (QED) is 0.654. The molecule has 0 saturated carbocycles. The zero-order chi connectivity index (χ0) is 14.0. The van der Waals surface area contributed by atoms with E-state index in [0.29, 0.717) is 12.1 Å². The fraction of sp³-hybridized carbons (Fsp3) is 0.308. The monoisotopic (exact) mass is 260 g/mol. The van der Waals surface area contributed by atoms with E-state index in [-0.39, 0.29) is 10.6 Å². The summed E-state index contributed by atoms with van der Waals surface area (Å²) in [7, 11) is 0. The minimum absolute atomic E-state index is 0.130. The highest BCUT2D eigenvalue weighted by atomic mass is 16.6. The van der Waals surface area contributed by atoms with Crippen molar-refractivity contribution in [3.05, 3.63) is 50.8 Å². The summed E-state index contributed by atoms with van der Waals surface area (Å²) in [4.78, 5) is 10.5. The van der Waals surface area contributed by atoms with Crippen molar-refractivity contribution in [1.82, 2.24) is 10.2 Å².